The van der Waals surface area contributed by atoms with Gasteiger partial charge in [0.2, 0.25) is 5.91 Å². The van der Waals surface area contributed by atoms with Crippen molar-refractivity contribution in [2.45, 2.75) is 6.42 Å². The number of aliphatic carboxylic acids is 1. The lowest BCUT2D eigenvalue weighted by Gasteiger charge is -2.34. The van der Waals surface area contributed by atoms with E-state index in [1.807, 2.05) is 42.5 Å². The second-order valence-electron chi connectivity index (χ2n) is 6.13. The van der Waals surface area contributed by atoms with Crippen LogP contribution in [0.4, 0.5) is 0 Å². The second-order valence-corrected chi connectivity index (χ2v) is 6.13. The van der Waals surface area contributed by atoms with Crippen LogP contribution in [0.15, 0.2) is 42.5 Å². The van der Waals surface area contributed by atoms with Gasteiger partial charge in [-0.2, -0.15) is 0 Å². The number of ether oxygens (including phenoxy) is 1. The number of carboxylic acid groups (broad SMARTS) is 1. The Kier molecular flexibility index (Phi) is 5.36. The minimum absolute atomic E-state index is 0.0680. The lowest BCUT2D eigenvalue weighted by Crippen LogP contribution is -2.51. The third-order valence-electron chi connectivity index (χ3n) is 4.37. The van der Waals surface area contributed by atoms with Crippen LogP contribution >= 0.6 is 0 Å². The van der Waals surface area contributed by atoms with Gasteiger partial charge in [0.1, 0.15) is 12.2 Å². The van der Waals surface area contributed by atoms with E-state index in [4.69, 9.17) is 9.84 Å². The fourth-order valence-electron chi connectivity index (χ4n) is 2.94. The molecule has 0 aromatic heterocycles. The van der Waals surface area contributed by atoms with Gasteiger partial charge in [-0.3, -0.25) is 14.4 Å². The first kappa shape index (κ1) is 17.7. The monoisotopic (exact) mass is 356 g/mol. The van der Waals surface area contributed by atoms with E-state index >= 15 is 0 Å². The van der Waals surface area contributed by atoms with E-state index < -0.39 is 18.3 Å². The first-order valence-corrected chi connectivity index (χ1v) is 8.42. The van der Waals surface area contributed by atoms with Crippen molar-refractivity contribution in [1.29, 1.82) is 0 Å². The summed E-state index contributed by atoms with van der Waals surface area (Å²) >= 11 is 0. The van der Waals surface area contributed by atoms with Crippen LogP contribution in [-0.2, 0) is 14.4 Å². The molecule has 7 nitrogen and oxygen atoms in total. The van der Waals surface area contributed by atoms with Crippen LogP contribution in [0.3, 0.4) is 0 Å². The van der Waals surface area contributed by atoms with Crippen molar-refractivity contribution in [2.24, 2.45) is 0 Å². The predicted octanol–water partition coefficient (Wildman–Crippen LogP) is 1.36. The topological polar surface area (TPSA) is 87.2 Å². The lowest BCUT2D eigenvalue weighted by atomic mass is 10.1. The molecular formula is C19H20N2O5. The quantitative estimate of drug-likeness (QED) is 0.818. The van der Waals surface area contributed by atoms with E-state index in [2.05, 4.69) is 0 Å². The fraction of sp³-hybridized carbons (Fsp3) is 0.316. The molecule has 1 aliphatic heterocycles. The summed E-state index contributed by atoms with van der Waals surface area (Å²) in [6, 6.07) is 13.6. The smallest absolute Gasteiger partial charge is 0.312 e. The first-order valence-electron chi connectivity index (χ1n) is 8.42. The predicted molar refractivity (Wildman–Crippen MR) is 94.9 cm³/mol. The van der Waals surface area contributed by atoms with Crippen molar-refractivity contribution >= 4 is 28.6 Å². The molecule has 0 bridgehead atoms. The van der Waals surface area contributed by atoms with Crippen LogP contribution in [0.1, 0.15) is 6.42 Å². The summed E-state index contributed by atoms with van der Waals surface area (Å²) in [5.74, 6) is -1.08. The highest BCUT2D eigenvalue weighted by Crippen LogP contribution is 2.20. The van der Waals surface area contributed by atoms with Crippen LogP contribution in [0.2, 0.25) is 0 Å². The number of amides is 2. The normalized spacial score (nSPS) is 14.3. The van der Waals surface area contributed by atoms with Crippen molar-refractivity contribution < 1.29 is 24.2 Å². The Morgan fingerprint density at radius 1 is 0.885 bits per heavy atom. The Labute approximate surface area is 150 Å². The first-order chi connectivity index (χ1) is 12.5. The van der Waals surface area contributed by atoms with Crippen LogP contribution in [0, 0.1) is 0 Å². The third kappa shape index (κ3) is 4.30. The minimum Gasteiger partial charge on any atom is -0.484 e. The maximum absolute atomic E-state index is 12.3. The SMILES string of the molecule is O=C(O)CC(=O)N1CCN(C(=O)COc2ccc3ccccc3c2)CC1. The second kappa shape index (κ2) is 7.86. The Morgan fingerprint density at radius 3 is 2.15 bits per heavy atom. The van der Waals surface area contributed by atoms with Crippen molar-refractivity contribution in [2.75, 3.05) is 32.8 Å². The van der Waals surface area contributed by atoms with E-state index in [0.29, 0.717) is 31.9 Å². The van der Waals surface area contributed by atoms with E-state index in [9.17, 15) is 14.4 Å². The number of benzene rings is 2. The summed E-state index contributed by atoms with van der Waals surface area (Å²) in [7, 11) is 0. The molecule has 0 spiro atoms. The van der Waals surface area contributed by atoms with E-state index in [-0.39, 0.29) is 12.5 Å². The van der Waals surface area contributed by atoms with Gasteiger partial charge in [-0.15, -0.1) is 0 Å². The van der Waals surface area contributed by atoms with Crippen molar-refractivity contribution in [3.05, 3.63) is 42.5 Å². The molecule has 2 aromatic rings. The highest BCUT2D eigenvalue weighted by molar-refractivity contribution is 5.93. The van der Waals surface area contributed by atoms with Gasteiger partial charge in [0, 0.05) is 26.2 Å². The van der Waals surface area contributed by atoms with Gasteiger partial charge < -0.3 is 19.6 Å². The molecule has 1 saturated heterocycles. The van der Waals surface area contributed by atoms with E-state index in [1.165, 1.54) is 4.90 Å². The number of carbonyl (C=O) groups excluding carboxylic acids is 2. The summed E-state index contributed by atoms with van der Waals surface area (Å²) < 4.78 is 5.61. The van der Waals surface area contributed by atoms with Crippen LogP contribution < -0.4 is 4.74 Å². The Hall–Kier alpha value is -3.09. The maximum Gasteiger partial charge on any atom is 0.312 e. The van der Waals surface area contributed by atoms with Gasteiger partial charge in [-0.1, -0.05) is 30.3 Å². The molecule has 1 aliphatic rings. The van der Waals surface area contributed by atoms with Gasteiger partial charge in [0.15, 0.2) is 6.61 Å². The summed E-state index contributed by atoms with van der Waals surface area (Å²) in [6.07, 6.45) is -0.515. The fourth-order valence-corrected chi connectivity index (χ4v) is 2.94. The third-order valence-corrected chi connectivity index (χ3v) is 4.37. The summed E-state index contributed by atoms with van der Waals surface area (Å²) in [5, 5.41) is 10.8. The molecule has 0 aliphatic carbocycles. The molecule has 0 unspecified atom stereocenters. The highest BCUT2D eigenvalue weighted by atomic mass is 16.5. The molecule has 7 heteroatoms. The number of hydrogen-bond acceptors (Lipinski definition) is 4. The van der Waals surface area contributed by atoms with Crippen LogP contribution in [0.25, 0.3) is 10.8 Å². The van der Waals surface area contributed by atoms with Crippen LogP contribution in [-0.4, -0.2) is 65.5 Å². The number of carbonyl (C=O) groups is 3. The van der Waals surface area contributed by atoms with Crippen molar-refractivity contribution in [3.8, 4) is 5.75 Å². The summed E-state index contributed by atoms with van der Waals surface area (Å²) in [4.78, 5) is 37.7. The maximum atomic E-state index is 12.3. The molecule has 0 saturated carbocycles. The number of carboxylic acids is 1. The average Bonchev–Trinajstić information content (AvgIpc) is 2.65. The summed E-state index contributed by atoms with van der Waals surface area (Å²) in [6.45, 7) is 1.37. The van der Waals surface area contributed by atoms with Crippen molar-refractivity contribution in [1.82, 2.24) is 9.80 Å². The van der Waals surface area contributed by atoms with Gasteiger partial charge in [0.25, 0.3) is 5.91 Å². The summed E-state index contributed by atoms with van der Waals surface area (Å²) in [5.41, 5.74) is 0. The molecule has 3 rings (SSSR count). The number of hydrogen-bond donors (Lipinski definition) is 1. The standard InChI is InChI=1S/C19H20N2O5/c22-17(12-19(24)25)20-7-9-21(10-8-20)18(23)13-26-16-6-5-14-3-1-2-4-15(14)11-16/h1-6,11H,7-10,12-13H2,(H,24,25). The zero-order chi connectivity index (χ0) is 18.5. The molecular weight excluding hydrogens is 336 g/mol. The largest absolute Gasteiger partial charge is 0.484 e. The Balaban J connectivity index is 1.49. The molecule has 1 N–H and O–H groups in total. The molecule has 136 valence electrons. The molecule has 1 heterocycles. The number of rotatable bonds is 5. The number of piperazine rings is 1. The van der Waals surface area contributed by atoms with Gasteiger partial charge in [-0.25, -0.2) is 0 Å². The van der Waals surface area contributed by atoms with E-state index in [0.717, 1.165) is 10.8 Å². The molecule has 2 aromatic carbocycles. The lowest BCUT2D eigenvalue weighted by molar-refractivity contribution is -0.147. The highest BCUT2D eigenvalue weighted by Gasteiger charge is 2.25. The zero-order valence-corrected chi connectivity index (χ0v) is 14.3. The number of fused-ring (bicyclic) bond motifs is 1. The van der Waals surface area contributed by atoms with Crippen molar-refractivity contribution in [3.63, 3.8) is 0 Å². The average molecular weight is 356 g/mol. The van der Waals surface area contributed by atoms with Gasteiger partial charge in [0.05, 0.1) is 0 Å². The van der Waals surface area contributed by atoms with E-state index in [1.54, 1.807) is 4.90 Å². The molecule has 26 heavy (non-hydrogen) atoms. The van der Waals surface area contributed by atoms with Crippen LogP contribution in [0.5, 0.6) is 5.75 Å². The Bertz CT molecular complexity index is 828. The molecule has 2 amide bonds. The van der Waals surface area contributed by atoms with Gasteiger partial charge in [-0.05, 0) is 22.9 Å². The van der Waals surface area contributed by atoms with Gasteiger partial charge >= 0.3 is 5.97 Å². The number of nitrogens with zero attached hydrogens (tertiary/aromatic N) is 2. The molecule has 0 radical (unpaired) electrons. The zero-order valence-electron chi connectivity index (χ0n) is 14.3. The molecule has 1 fully saturated rings. The molecule has 0 atom stereocenters. The minimum atomic E-state index is -1.14. The Morgan fingerprint density at radius 2 is 1.50 bits per heavy atom.